The van der Waals surface area contributed by atoms with E-state index in [9.17, 15) is 34.5 Å². The normalized spacial score (nSPS) is 19.3. The van der Waals surface area contributed by atoms with E-state index in [0.717, 1.165) is 43.3 Å². The maximum absolute atomic E-state index is 12.9. The Labute approximate surface area is 176 Å². The highest BCUT2D eigenvalue weighted by molar-refractivity contribution is 6.13. The molecular formula is C22H20N2O7. The molecule has 1 amide bonds. The summed E-state index contributed by atoms with van der Waals surface area (Å²) in [7, 11) is 0. The zero-order valence-corrected chi connectivity index (χ0v) is 16.4. The number of carboxylic acids is 3. The lowest BCUT2D eigenvalue weighted by Gasteiger charge is -2.29. The minimum absolute atomic E-state index is 0.0230. The Bertz CT molecular complexity index is 1110. The Morgan fingerprint density at radius 3 is 2.13 bits per heavy atom. The molecule has 2 aliphatic rings. The molecule has 2 aromatic carbocycles. The lowest BCUT2D eigenvalue weighted by Crippen LogP contribution is -2.32. The topological polar surface area (TPSA) is 144 Å². The Morgan fingerprint density at radius 2 is 1.55 bits per heavy atom. The number of hydrogen-bond acceptors (Lipinski definition) is 5. The van der Waals surface area contributed by atoms with Gasteiger partial charge in [-0.25, -0.2) is 14.4 Å². The van der Waals surface area contributed by atoms with E-state index in [-0.39, 0.29) is 27.9 Å². The van der Waals surface area contributed by atoms with Gasteiger partial charge >= 0.3 is 17.9 Å². The van der Waals surface area contributed by atoms with Crippen LogP contribution in [0.3, 0.4) is 0 Å². The first kappa shape index (κ1) is 20.4. The second-order valence-corrected chi connectivity index (χ2v) is 7.85. The molecule has 160 valence electrons. The number of nitrogens with zero attached hydrogens (tertiary/aromatic N) is 1. The van der Waals surface area contributed by atoms with Crippen LogP contribution in [0.5, 0.6) is 0 Å². The predicted octanol–water partition coefficient (Wildman–Crippen LogP) is 3.02. The predicted molar refractivity (Wildman–Crippen MR) is 110 cm³/mol. The highest BCUT2D eigenvalue weighted by Crippen LogP contribution is 2.41. The van der Waals surface area contributed by atoms with Gasteiger partial charge in [0.25, 0.3) is 5.91 Å². The molecule has 2 atom stereocenters. The molecule has 1 aliphatic heterocycles. The van der Waals surface area contributed by atoms with Crippen molar-refractivity contribution in [2.75, 3.05) is 16.8 Å². The number of anilines is 2. The Kier molecular flexibility index (Phi) is 5.10. The number of carbonyl (C=O) groups excluding carboxylic acids is 1. The number of nitrogens with one attached hydrogen (secondary N) is 1. The molecule has 9 nitrogen and oxygen atoms in total. The van der Waals surface area contributed by atoms with Gasteiger partial charge in [0.2, 0.25) is 0 Å². The number of hydrogen-bond donors (Lipinski definition) is 4. The molecule has 9 heteroatoms. The first-order valence-corrected chi connectivity index (χ1v) is 9.80. The van der Waals surface area contributed by atoms with Gasteiger partial charge in [0.15, 0.2) is 0 Å². The van der Waals surface area contributed by atoms with E-state index in [0.29, 0.717) is 12.0 Å². The van der Waals surface area contributed by atoms with E-state index in [1.54, 1.807) is 12.1 Å². The van der Waals surface area contributed by atoms with Crippen molar-refractivity contribution in [1.29, 1.82) is 0 Å². The summed E-state index contributed by atoms with van der Waals surface area (Å²) in [5, 5.41) is 30.6. The largest absolute Gasteiger partial charge is 0.478 e. The van der Waals surface area contributed by atoms with E-state index in [1.807, 2.05) is 0 Å². The molecule has 2 aromatic rings. The molecule has 2 fully saturated rings. The van der Waals surface area contributed by atoms with Crippen LogP contribution in [-0.4, -0.2) is 51.7 Å². The third kappa shape index (κ3) is 3.81. The zero-order chi connectivity index (χ0) is 22.3. The molecule has 1 saturated heterocycles. The number of carbonyl (C=O) groups is 4. The van der Waals surface area contributed by atoms with E-state index in [2.05, 4.69) is 10.2 Å². The van der Waals surface area contributed by atoms with Crippen LogP contribution in [0, 0.1) is 5.92 Å². The molecule has 0 aromatic heterocycles. The fourth-order valence-corrected chi connectivity index (χ4v) is 4.48. The summed E-state index contributed by atoms with van der Waals surface area (Å²) in [6.45, 7) is 0.869. The average Bonchev–Trinajstić information content (AvgIpc) is 3.36. The lowest BCUT2D eigenvalue weighted by molar-refractivity contribution is 0.0679. The van der Waals surface area contributed by atoms with Crippen LogP contribution in [0.1, 0.15) is 60.7 Å². The van der Waals surface area contributed by atoms with Crippen LogP contribution in [0.25, 0.3) is 0 Å². The second-order valence-electron chi connectivity index (χ2n) is 7.85. The van der Waals surface area contributed by atoms with Crippen LogP contribution in [-0.2, 0) is 0 Å². The van der Waals surface area contributed by atoms with E-state index < -0.39 is 23.8 Å². The maximum atomic E-state index is 12.9. The van der Waals surface area contributed by atoms with Gasteiger partial charge in [0.1, 0.15) is 0 Å². The minimum atomic E-state index is -1.40. The second kappa shape index (κ2) is 7.75. The number of benzene rings is 2. The maximum Gasteiger partial charge on any atom is 0.337 e. The first-order valence-electron chi connectivity index (χ1n) is 9.80. The summed E-state index contributed by atoms with van der Waals surface area (Å²) in [6, 6.07) is 8.16. The van der Waals surface area contributed by atoms with Crippen LogP contribution in [0.2, 0.25) is 0 Å². The molecule has 1 heterocycles. The minimum Gasteiger partial charge on any atom is -0.478 e. The monoisotopic (exact) mass is 424 g/mol. The molecule has 2 unspecified atom stereocenters. The van der Waals surface area contributed by atoms with Crippen molar-refractivity contribution < 1.29 is 34.5 Å². The summed E-state index contributed by atoms with van der Waals surface area (Å²) in [5.41, 5.74) is -0.343. The number of fused-ring (bicyclic) bond motifs is 2. The van der Waals surface area contributed by atoms with Gasteiger partial charge in [0.05, 0.1) is 27.9 Å². The fourth-order valence-electron chi connectivity index (χ4n) is 4.48. The van der Waals surface area contributed by atoms with Gasteiger partial charge in [-0.3, -0.25) is 4.79 Å². The number of carboxylic acid groups (broad SMARTS) is 3. The van der Waals surface area contributed by atoms with E-state index in [1.165, 1.54) is 12.5 Å². The number of piperidine rings is 1. The quantitative estimate of drug-likeness (QED) is 0.554. The van der Waals surface area contributed by atoms with Gasteiger partial charge in [-0.1, -0.05) is 0 Å². The summed E-state index contributed by atoms with van der Waals surface area (Å²) < 4.78 is 0. The molecule has 0 radical (unpaired) electrons. The third-order valence-corrected chi connectivity index (χ3v) is 5.96. The Hall–Kier alpha value is -3.88. The van der Waals surface area contributed by atoms with Gasteiger partial charge in [0, 0.05) is 18.3 Å². The van der Waals surface area contributed by atoms with Crippen LogP contribution < -0.4 is 10.2 Å². The molecule has 0 spiro atoms. The molecule has 4 N–H and O–H groups in total. The van der Waals surface area contributed by atoms with Crippen molar-refractivity contribution in [3.8, 4) is 0 Å². The first-order chi connectivity index (χ1) is 14.7. The summed E-state index contributed by atoms with van der Waals surface area (Å²) in [5.74, 6) is -4.25. The molecule has 2 bridgehead atoms. The van der Waals surface area contributed by atoms with Crippen LogP contribution in [0.4, 0.5) is 11.4 Å². The van der Waals surface area contributed by atoms with Crippen molar-refractivity contribution in [2.24, 2.45) is 5.92 Å². The van der Waals surface area contributed by atoms with Crippen molar-refractivity contribution in [3.63, 3.8) is 0 Å². The van der Waals surface area contributed by atoms with Gasteiger partial charge < -0.3 is 25.5 Å². The van der Waals surface area contributed by atoms with Gasteiger partial charge in [-0.05, 0) is 61.6 Å². The van der Waals surface area contributed by atoms with Crippen LogP contribution >= 0.6 is 0 Å². The molecule has 4 rings (SSSR count). The average molecular weight is 424 g/mol. The third-order valence-electron chi connectivity index (χ3n) is 5.96. The highest BCUT2D eigenvalue weighted by atomic mass is 16.4. The van der Waals surface area contributed by atoms with Crippen molar-refractivity contribution >= 4 is 35.2 Å². The number of aromatic carboxylic acids is 3. The van der Waals surface area contributed by atoms with E-state index in [4.69, 9.17) is 0 Å². The SMILES string of the molecule is O=C(O)c1ccc(C(=O)O)c(C(=O)Nc2cc(N3CC4CCC3C4)ccc2C(=O)O)c1. The Morgan fingerprint density at radius 1 is 0.839 bits per heavy atom. The van der Waals surface area contributed by atoms with E-state index >= 15 is 0 Å². The van der Waals surface area contributed by atoms with Crippen molar-refractivity contribution in [3.05, 3.63) is 58.7 Å². The molecule has 1 aliphatic carbocycles. The van der Waals surface area contributed by atoms with Crippen molar-refractivity contribution in [2.45, 2.75) is 25.3 Å². The zero-order valence-electron chi connectivity index (χ0n) is 16.4. The van der Waals surface area contributed by atoms with Gasteiger partial charge in [-0.2, -0.15) is 0 Å². The summed E-state index contributed by atoms with van der Waals surface area (Å²) in [6.07, 6.45) is 3.33. The smallest absolute Gasteiger partial charge is 0.337 e. The highest BCUT2D eigenvalue weighted by Gasteiger charge is 2.38. The molecular weight excluding hydrogens is 404 g/mol. The lowest BCUT2D eigenvalue weighted by atomic mass is 10.0. The number of rotatable bonds is 6. The van der Waals surface area contributed by atoms with Gasteiger partial charge in [-0.15, -0.1) is 0 Å². The summed E-state index contributed by atoms with van der Waals surface area (Å²) >= 11 is 0. The molecule has 1 saturated carbocycles. The fraction of sp³-hybridized carbons (Fsp3) is 0.273. The van der Waals surface area contributed by atoms with Crippen molar-refractivity contribution in [1.82, 2.24) is 0 Å². The number of amides is 1. The van der Waals surface area contributed by atoms with Crippen LogP contribution in [0.15, 0.2) is 36.4 Å². The Balaban J connectivity index is 1.70. The summed E-state index contributed by atoms with van der Waals surface area (Å²) in [4.78, 5) is 49.5. The molecule has 31 heavy (non-hydrogen) atoms. The standard InChI is InChI=1S/C22H20N2O7/c25-19(17-8-12(20(26)27)2-5-15(17)21(28)29)23-18-9-14(4-6-16(18)22(30)31)24-10-11-1-3-13(24)7-11/h2,4-6,8-9,11,13H,1,3,7,10H2,(H,23,25)(H,26,27)(H,28,29)(H,30,31).